The van der Waals surface area contributed by atoms with E-state index in [0.717, 1.165) is 70.6 Å². The lowest BCUT2D eigenvalue weighted by molar-refractivity contribution is -0.161. The van der Waals surface area contributed by atoms with Gasteiger partial charge in [-0.05, 0) is 64.2 Å². The lowest BCUT2D eigenvalue weighted by Crippen LogP contribution is -2.29. The zero-order chi connectivity index (χ0) is 38.9. The number of phosphoric ester groups is 1. The molecule has 0 aromatic carbocycles. The fourth-order valence-electron chi connectivity index (χ4n) is 4.48. The molecule has 10 heteroatoms. The van der Waals surface area contributed by atoms with Crippen LogP contribution in [0.1, 0.15) is 117 Å². The van der Waals surface area contributed by atoms with Gasteiger partial charge in [0.25, 0.3) is 0 Å². The molecule has 298 valence electrons. The van der Waals surface area contributed by atoms with Crippen molar-refractivity contribution in [2.75, 3.05) is 26.4 Å². The van der Waals surface area contributed by atoms with Crippen LogP contribution in [-0.4, -0.2) is 49.3 Å². The molecule has 2 atom stereocenters. The largest absolute Gasteiger partial charge is 0.472 e. The van der Waals surface area contributed by atoms with Gasteiger partial charge < -0.3 is 20.1 Å². The number of allylic oxidation sites excluding steroid dienone is 18. The van der Waals surface area contributed by atoms with Crippen LogP contribution in [0, 0.1) is 0 Å². The van der Waals surface area contributed by atoms with Gasteiger partial charge in [0.15, 0.2) is 6.10 Å². The minimum Gasteiger partial charge on any atom is -0.462 e. The lowest BCUT2D eigenvalue weighted by atomic mass is 10.1. The first-order chi connectivity index (χ1) is 25.8. The van der Waals surface area contributed by atoms with Crippen LogP contribution in [0.4, 0.5) is 0 Å². The minimum atomic E-state index is -4.40. The van der Waals surface area contributed by atoms with Crippen molar-refractivity contribution in [1.82, 2.24) is 0 Å². The molecule has 53 heavy (non-hydrogen) atoms. The van der Waals surface area contributed by atoms with E-state index in [1.807, 2.05) is 54.7 Å². The lowest BCUT2D eigenvalue weighted by Gasteiger charge is -2.19. The number of hydrogen-bond donors (Lipinski definition) is 2. The van der Waals surface area contributed by atoms with Crippen molar-refractivity contribution in [2.45, 2.75) is 123 Å². The Morgan fingerprint density at radius 1 is 0.585 bits per heavy atom. The van der Waals surface area contributed by atoms with Crippen LogP contribution in [0.5, 0.6) is 0 Å². The highest BCUT2D eigenvalue weighted by molar-refractivity contribution is 7.47. The zero-order valence-corrected chi connectivity index (χ0v) is 33.3. The average molecular weight is 758 g/mol. The van der Waals surface area contributed by atoms with Gasteiger partial charge in [-0.1, -0.05) is 149 Å². The molecule has 0 aromatic rings. The van der Waals surface area contributed by atoms with Crippen LogP contribution in [0.25, 0.3) is 0 Å². The number of rotatable bonds is 34. The number of nitrogens with two attached hydrogens (primary N) is 1. The van der Waals surface area contributed by atoms with E-state index in [0.29, 0.717) is 19.3 Å². The molecule has 0 fully saturated rings. The van der Waals surface area contributed by atoms with E-state index in [1.165, 1.54) is 0 Å². The Labute approximate surface area is 320 Å². The molecule has 0 radical (unpaired) electrons. The average Bonchev–Trinajstić information content (AvgIpc) is 3.14. The number of phosphoric acid groups is 1. The second-order valence-corrected chi connectivity index (χ2v) is 13.6. The molecule has 0 aliphatic carbocycles. The third kappa shape index (κ3) is 38.2. The van der Waals surface area contributed by atoms with Gasteiger partial charge in [-0.15, -0.1) is 0 Å². The Morgan fingerprint density at radius 3 is 1.72 bits per heavy atom. The van der Waals surface area contributed by atoms with Crippen molar-refractivity contribution in [3.8, 4) is 0 Å². The first kappa shape index (κ1) is 49.7. The molecule has 0 aromatic heterocycles. The Bertz CT molecular complexity index is 1230. The van der Waals surface area contributed by atoms with Gasteiger partial charge in [0, 0.05) is 19.4 Å². The number of esters is 2. The van der Waals surface area contributed by atoms with Crippen molar-refractivity contribution < 1.29 is 37.6 Å². The van der Waals surface area contributed by atoms with Crippen LogP contribution in [0.3, 0.4) is 0 Å². The summed E-state index contributed by atoms with van der Waals surface area (Å²) < 4.78 is 32.6. The maximum absolute atomic E-state index is 12.5. The summed E-state index contributed by atoms with van der Waals surface area (Å²) in [5.41, 5.74) is 5.32. The second-order valence-electron chi connectivity index (χ2n) is 12.2. The van der Waals surface area contributed by atoms with E-state index in [9.17, 15) is 19.0 Å². The molecular formula is C43H68NO8P. The van der Waals surface area contributed by atoms with Crippen molar-refractivity contribution in [2.24, 2.45) is 5.73 Å². The maximum Gasteiger partial charge on any atom is 0.472 e. The molecule has 0 rings (SSSR count). The van der Waals surface area contributed by atoms with Crippen LogP contribution in [0.2, 0.25) is 0 Å². The van der Waals surface area contributed by atoms with Gasteiger partial charge in [0.1, 0.15) is 6.61 Å². The highest BCUT2D eigenvalue weighted by Gasteiger charge is 2.25. The van der Waals surface area contributed by atoms with Gasteiger partial charge in [-0.25, -0.2) is 4.57 Å². The van der Waals surface area contributed by atoms with Crippen molar-refractivity contribution in [1.29, 1.82) is 0 Å². The topological polar surface area (TPSA) is 134 Å². The molecular weight excluding hydrogens is 689 g/mol. The van der Waals surface area contributed by atoms with Crippen LogP contribution in [-0.2, 0) is 32.7 Å². The third-order valence-electron chi connectivity index (χ3n) is 7.28. The number of carbonyl (C=O) groups excluding carboxylic acids is 2. The van der Waals surface area contributed by atoms with E-state index in [2.05, 4.69) is 68.5 Å². The van der Waals surface area contributed by atoms with Gasteiger partial charge in [0.05, 0.1) is 13.2 Å². The monoisotopic (exact) mass is 757 g/mol. The first-order valence-corrected chi connectivity index (χ1v) is 20.9. The van der Waals surface area contributed by atoms with Crippen molar-refractivity contribution in [3.63, 3.8) is 0 Å². The number of hydrogen-bond acceptors (Lipinski definition) is 8. The predicted molar refractivity (Wildman–Crippen MR) is 219 cm³/mol. The molecule has 0 bridgehead atoms. The van der Waals surface area contributed by atoms with E-state index in [4.69, 9.17) is 24.3 Å². The molecule has 0 amide bonds. The second kappa shape index (κ2) is 38.4. The molecule has 0 saturated carbocycles. The molecule has 0 heterocycles. The van der Waals surface area contributed by atoms with Crippen LogP contribution < -0.4 is 5.73 Å². The third-order valence-corrected chi connectivity index (χ3v) is 8.27. The molecule has 3 N–H and O–H groups in total. The Hall–Kier alpha value is -3.33. The highest BCUT2D eigenvalue weighted by Crippen LogP contribution is 2.43. The molecule has 2 unspecified atom stereocenters. The summed E-state index contributed by atoms with van der Waals surface area (Å²) in [6, 6.07) is 0. The summed E-state index contributed by atoms with van der Waals surface area (Å²) in [4.78, 5) is 34.7. The van der Waals surface area contributed by atoms with Crippen molar-refractivity contribution in [3.05, 3.63) is 109 Å². The fraction of sp³-hybridized carbons (Fsp3) is 0.535. The van der Waals surface area contributed by atoms with Gasteiger partial charge in [-0.2, -0.15) is 0 Å². The van der Waals surface area contributed by atoms with Crippen LogP contribution >= 0.6 is 7.82 Å². The molecule has 9 nitrogen and oxygen atoms in total. The normalized spacial score (nSPS) is 14.6. The SMILES string of the molecule is CC/C=C/C=C/C=C/C=C/C=C/CCCC(=O)OC(COC(=O)CCCCCCCC/C=C/C/C=C/C/C=C/C/C=C/CC)COP(=O)(O)OCCN. The first-order valence-electron chi connectivity index (χ1n) is 19.4. The van der Waals surface area contributed by atoms with E-state index >= 15 is 0 Å². The summed E-state index contributed by atoms with van der Waals surface area (Å²) in [6.07, 6.45) is 49.9. The highest BCUT2D eigenvalue weighted by atomic mass is 31.2. The van der Waals surface area contributed by atoms with Gasteiger partial charge >= 0.3 is 19.8 Å². The molecule has 0 aliphatic rings. The number of ether oxygens (including phenoxy) is 2. The summed E-state index contributed by atoms with van der Waals surface area (Å²) in [6.45, 7) is 3.32. The summed E-state index contributed by atoms with van der Waals surface area (Å²) in [5.74, 6) is -0.947. The fourth-order valence-corrected chi connectivity index (χ4v) is 5.24. The Morgan fingerprint density at radius 2 is 1.09 bits per heavy atom. The molecule has 0 aliphatic heterocycles. The summed E-state index contributed by atoms with van der Waals surface area (Å²) >= 11 is 0. The smallest absolute Gasteiger partial charge is 0.462 e. The Balaban J connectivity index is 4.34. The molecule has 0 saturated heterocycles. The summed E-state index contributed by atoms with van der Waals surface area (Å²) in [7, 11) is -4.40. The maximum atomic E-state index is 12.5. The minimum absolute atomic E-state index is 0.0329. The van der Waals surface area contributed by atoms with E-state index in [1.54, 1.807) is 0 Å². The summed E-state index contributed by atoms with van der Waals surface area (Å²) in [5, 5.41) is 0. The van der Waals surface area contributed by atoms with Crippen molar-refractivity contribution >= 4 is 19.8 Å². The van der Waals surface area contributed by atoms with Gasteiger partial charge in [-0.3, -0.25) is 18.6 Å². The Kier molecular flexibility index (Phi) is 36.0. The van der Waals surface area contributed by atoms with Gasteiger partial charge in [0.2, 0.25) is 0 Å². The number of unbranched alkanes of at least 4 members (excludes halogenated alkanes) is 7. The zero-order valence-electron chi connectivity index (χ0n) is 32.4. The quantitative estimate of drug-likeness (QED) is 0.0216. The standard InChI is InChI=1S/C43H68NO8P/c1-3-5-7-9-11-13-15-17-18-19-20-21-22-24-25-27-29-31-33-35-42(45)49-39-41(40-51-53(47,48)50-38-37-44)52-43(46)36-34-32-30-28-26-23-16-14-12-10-8-6-4-2/h5-8,10-14,16-18,20-21,23,26,28,30,41H,3-4,9,15,19,22,24-25,27,29,31-40,44H2,1-2H3,(H,47,48)/b7-5+,8-6+,12-10+,13-11+,16-14+,18-17+,21-20+,26-23+,30-28+. The van der Waals surface area contributed by atoms with Crippen LogP contribution in [0.15, 0.2) is 109 Å². The van der Waals surface area contributed by atoms with E-state index < -0.39 is 32.5 Å². The van der Waals surface area contributed by atoms with E-state index in [-0.39, 0.29) is 32.6 Å². The predicted octanol–water partition coefficient (Wildman–Crippen LogP) is 10.8. The number of carbonyl (C=O) groups is 2. The molecule has 0 spiro atoms.